The van der Waals surface area contributed by atoms with E-state index < -0.39 is 0 Å². The van der Waals surface area contributed by atoms with Gasteiger partial charge in [-0.3, -0.25) is 0 Å². The van der Waals surface area contributed by atoms with Gasteiger partial charge in [0.2, 0.25) is 0 Å². The molecule has 1 aromatic carbocycles. The predicted molar refractivity (Wildman–Crippen MR) is 83.6 cm³/mol. The van der Waals surface area contributed by atoms with Crippen molar-refractivity contribution in [3.05, 3.63) is 35.4 Å². The van der Waals surface area contributed by atoms with Gasteiger partial charge in [0, 0.05) is 17.1 Å². The van der Waals surface area contributed by atoms with Crippen LogP contribution in [0.25, 0.3) is 11.3 Å². The lowest BCUT2D eigenvalue weighted by Gasteiger charge is -2.08. The summed E-state index contributed by atoms with van der Waals surface area (Å²) in [5.41, 5.74) is 1.50. The van der Waals surface area contributed by atoms with E-state index >= 15 is 0 Å². The van der Waals surface area contributed by atoms with Crippen molar-refractivity contribution in [1.82, 2.24) is 4.98 Å². The summed E-state index contributed by atoms with van der Waals surface area (Å²) in [5, 5.41) is 22.6. The molecule has 22 heavy (non-hydrogen) atoms. The van der Waals surface area contributed by atoms with Crippen LogP contribution < -0.4 is 14.8 Å². The number of nitrogens with zero attached hydrogens (tertiary/aromatic N) is 3. The Morgan fingerprint density at radius 1 is 1.27 bits per heavy atom. The molecule has 0 saturated carbocycles. The number of hydrogen-bond acceptors (Lipinski definition) is 7. The SMILES string of the molecule is COc1ccc(OC)c(-c2csc(NC=C(C#N)C#N)n2)c1. The molecule has 1 heterocycles. The summed E-state index contributed by atoms with van der Waals surface area (Å²) in [4.78, 5) is 4.41. The lowest BCUT2D eigenvalue weighted by Crippen LogP contribution is -1.92. The highest BCUT2D eigenvalue weighted by Crippen LogP contribution is 2.34. The van der Waals surface area contributed by atoms with Gasteiger partial charge in [-0.1, -0.05) is 0 Å². The maximum Gasteiger partial charge on any atom is 0.187 e. The Bertz CT molecular complexity index is 768. The molecule has 1 aromatic heterocycles. The highest BCUT2D eigenvalue weighted by molar-refractivity contribution is 7.14. The number of benzene rings is 1. The molecule has 0 aliphatic heterocycles. The van der Waals surface area contributed by atoms with Crippen molar-refractivity contribution in [2.75, 3.05) is 19.5 Å². The lowest BCUT2D eigenvalue weighted by atomic mass is 10.1. The quantitative estimate of drug-likeness (QED) is 0.853. The van der Waals surface area contributed by atoms with Gasteiger partial charge in [-0.25, -0.2) is 4.98 Å². The highest BCUT2D eigenvalue weighted by Gasteiger charge is 2.11. The maximum absolute atomic E-state index is 8.69. The molecule has 0 saturated heterocycles. The molecule has 0 fully saturated rings. The number of aromatic nitrogens is 1. The molecule has 0 radical (unpaired) electrons. The second-order valence-corrected chi connectivity index (χ2v) is 4.89. The van der Waals surface area contributed by atoms with Crippen molar-refractivity contribution in [2.45, 2.75) is 0 Å². The van der Waals surface area contributed by atoms with E-state index in [-0.39, 0.29) is 5.57 Å². The number of hydrogen-bond donors (Lipinski definition) is 1. The topological polar surface area (TPSA) is 91.0 Å². The monoisotopic (exact) mass is 312 g/mol. The summed E-state index contributed by atoms with van der Waals surface area (Å²) in [6.45, 7) is 0. The van der Waals surface area contributed by atoms with E-state index in [0.717, 1.165) is 5.56 Å². The summed E-state index contributed by atoms with van der Waals surface area (Å²) in [7, 11) is 3.18. The summed E-state index contributed by atoms with van der Waals surface area (Å²) >= 11 is 1.36. The zero-order chi connectivity index (χ0) is 15.9. The van der Waals surface area contributed by atoms with Crippen LogP contribution in [-0.4, -0.2) is 19.2 Å². The van der Waals surface area contributed by atoms with Gasteiger partial charge in [-0.2, -0.15) is 10.5 Å². The fraction of sp³-hybridized carbons (Fsp3) is 0.133. The molecule has 0 atom stereocenters. The Hall–Kier alpha value is -3.03. The first-order chi connectivity index (χ1) is 10.7. The van der Waals surface area contributed by atoms with E-state index in [1.165, 1.54) is 17.5 Å². The minimum Gasteiger partial charge on any atom is -0.497 e. The van der Waals surface area contributed by atoms with Crippen LogP contribution in [0.1, 0.15) is 0 Å². The smallest absolute Gasteiger partial charge is 0.187 e. The zero-order valence-corrected chi connectivity index (χ0v) is 12.8. The van der Waals surface area contributed by atoms with Crippen LogP contribution in [0.2, 0.25) is 0 Å². The molecular formula is C15H12N4O2S. The number of methoxy groups -OCH3 is 2. The Morgan fingerprint density at radius 2 is 2.05 bits per heavy atom. The van der Waals surface area contributed by atoms with E-state index in [1.54, 1.807) is 26.4 Å². The minimum absolute atomic E-state index is 0.0179. The van der Waals surface area contributed by atoms with Crippen LogP contribution in [0.5, 0.6) is 11.5 Å². The van der Waals surface area contributed by atoms with Gasteiger partial charge in [-0.15, -0.1) is 11.3 Å². The lowest BCUT2D eigenvalue weighted by molar-refractivity contribution is 0.404. The van der Waals surface area contributed by atoms with Crippen LogP contribution in [0.15, 0.2) is 35.4 Å². The van der Waals surface area contributed by atoms with E-state index in [0.29, 0.717) is 22.3 Å². The van der Waals surface area contributed by atoms with Gasteiger partial charge < -0.3 is 14.8 Å². The molecule has 7 heteroatoms. The van der Waals surface area contributed by atoms with Crippen molar-refractivity contribution < 1.29 is 9.47 Å². The molecule has 1 N–H and O–H groups in total. The van der Waals surface area contributed by atoms with Gasteiger partial charge >= 0.3 is 0 Å². The van der Waals surface area contributed by atoms with Crippen molar-refractivity contribution in [3.8, 4) is 34.9 Å². The van der Waals surface area contributed by atoms with Gasteiger partial charge in [0.25, 0.3) is 0 Å². The third-order valence-electron chi connectivity index (χ3n) is 2.77. The largest absolute Gasteiger partial charge is 0.497 e. The molecule has 0 aliphatic carbocycles. The fourth-order valence-electron chi connectivity index (χ4n) is 1.70. The zero-order valence-electron chi connectivity index (χ0n) is 12.0. The Morgan fingerprint density at radius 3 is 2.68 bits per heavy atom. The Balaban J connectivity index is 2.31. The van der Waals surface area contributed by atoms with E-state index in [2.05, 4.69) is 10.3 Å². The molecule has 2 rings (SSSR count). The number of ether oxygens (including phenoxy) is 2. The molecule has 0 aliphatic rings. The molecule has 0 spiro atoms. The average Bonchev–Trinajstić information content (AvgIpc) is 3.04. The van der Waals surface area contributed by atoms with Crippen molar-refractivity contribution in [3.63, 3.8) is 0 Å². The summed E-state index contributed by atoms with van der Waals surface area (Å²) in [6, 6.07) is 9.00. The standard InChI is InChI=1S/C15H12N4O2S/c1-20-11-3-4-14(21-2)12(5-11)13-9-22-15(19-13)18-8-10(6-16)7-17/h3-5,8-9H,1-2H3,(H,18,19). The van der Waals surface area contributed by atoms with Gasteiger partial charge in [0.15, 0.2) is 5.13 Å². The molecule has 6 nitrogen and oxygen atoms in total. The Labute approximate surface area is 131 Å². The first kappa shape index (κ1) is 15.4. The number of thiazole rings is 1. The van der Waals surface area contributed by atoms with Gasteiger partial charge in [0.05, 0.1) is 19.9 Å². The maximum atomic E-state index is 8.69. The number of allylic oxidation sites excluding steroid dienone is 1. The van der Waals surface area contributed by atoms with Crippen LogP contribution >= 0.6 is 11.3 Å². The first-order valence-corrected chi connectivity index (χ1v) is 7.04. The molecule has 0 unspecified atom stereocenters. The molecular weight excluding hydrogens is 300 g/mol. The average molecular weight is 312 g/mol. The number of anilines is 1. The van der Waals surface area contributed by atoms with Crippen LogP contribution in [0, 0.1) is 22.7 Å². The second-order valence-electron chi connectivity index (χ2n) is 4.03. The third-order valence-corrected chi connectivity index (χ3v) is 3.54. The summed E-state index contributed by atoms with van der Waals surface area (Å²) in [5.74, 6) is 1.39. The van der Waals surface area contributed by atoms with Crippen molar-refractivity contribution in [1.29, 1.82) is 10.5 Å². The van der Waals surface area contributed by atoms with Crippen molar-refractivity contribution in [2.24, 2.45) is 0 Å². The highest BCUT2D eigenvalue weighted by atomic mass is 32.1. The van der Waals surface area contributed by atoms with Crippen molar-refractivity contribution >= 4 is 16.5 Å². The van der Waals surface area contributed by atoms with Gasteiger partial charge in [0.1, 0.15) is 29.2 Å². The number of nitriles is 2. The summed E-state index contributed by atoms with van der Waals surface area (Å²) < 4.78 is 10.5. The Kier molecular flexibility index (Phi) is 4.97. The molecule has 2 aromatic rings. The molecule has 110 valence electrons. The molecule has 0 amide bonds. The minimum atomic E-state index is -0.0179. The third kappa shape index (κ3) is 3.35. The number of rotatable bonds is 5. The van der Waals surface area contributed by atoms with Crippen LogP contribution in [0.4, 0.5) is 5.13 Å². The number of nitrogens with one attached hydrogen (secondary N) is 1. The second kappa shape index (κ2) is 7.11. The molecule has 0 bridgehead atoms. The predicted octanol–water partition coefficient (Wildman–Crippen LogP) is 3.17. The van der Waals surface area contributed by atoms with E-state index in [1.807, 2.05) is 23.6 Å². The van der Waals surface area contributed by atoms with Gasteiger partial charge in [-0.05, 0) is 18.2 Å². The van der Waals surface area contributed by atoms with E-state index in [9.17, 15) is 0 Å². The summed E-state index contributed by atoms with van der Waals surface area (Å²) in [6.07, 6.45) is 1.32. The van der Waals surface area contributed by atoms with Crippen LogP contribution in [0.3, 0.4) is 0 Å². The first-order valence-electron chi connectivity index (χ1n) is 6.16. The van der Waals surface area contributed by atoms with Crippen LogP contribution in [-0.2, 0) is 0 Å². The fourth-order valence-corrected chi connectivity index (χ4v) is 2.38. The normalized spacial score (nSPS) is 9.27. The van der Waals surface area contributed by atoms with E-state index in [4.69, 9.17) is 20.0 Å².